The van der Waals surface area contributed by atoms with Gasteiger partial charge in [-0.05, 0) is 38.5 Å². The summed E-state index contributed by atoms with van der Waals surface area (Å²) >= 11 is 0. The molecule has 0 fully saturated rings. The number of para-hydroxylation sites is 2. The predicted octanol–water partition coefficient (Wildman–Crippen LogP) is 3.77. The van der Waals surface area contributed by atoms with Gasteiger partial charge in [0.1, 0.15) is 12.7 Å². The summed E-state index contributed by atoms with van der Waals surface area (Å²) in [5.74, 6) is 0.660. The summed E-state index contributed by atoms with van der Waals surface area (Å²) < 4.78 is 16.7. The molecule has 0 heterocycles. The molecule has 2 atom stereocenters. The van der Waals surface area contributed by atoms with Gasteiger partial charge < -0.3 is 19.3 Å². The number of carbonyl (C=O) groups excluding carboxylic acids is 1. The molecule has 0 aromatic heterocycles. The number of aliphatic hydroxyl groups excluding tert-OH is 1. The summed E-state index contributed by atoms with van der Waals surface area (Å²) in [4.78, 5) is 12.1. The van der Waals surface area contributed by atoms with Crippen LogP contribution in [-0.2, 0) is 9.53 Å². The highest BCUT2D eigenvalue weighted by Crippen LogP contribution is 2.30. The minimum Gasteiger partial charge on any atom is -0.493 e. The van der Waals surface area contributed by atoms with Crippen LogP contribution in [0.5, 0.6) is 11.5 Å². The van der Waals surface area contributed by atoms with Gasteiger partial charge in [0.25, 0.3) is 0 Å². The third kappa shape index (κ3) is 5.23. The lowest BCUT2D eigenvalue weighted by Gasteiger charge is -2.26. The van der Waals surface area contributed by atoms with Gasteiger partial charge in [-0.15, -0.1) is 0 Å². The van der Waals surface area contributed by atoms with Crippen molar-refractivity contribution in [2.75, 3.05) is 13.7 Å². The number of benzene rings is 2. The Labute approximate surface area is 154 Å². The van der Waals surface area contributed by atoms with E-state index in [0.29, 0.717) is 17.1 Å². The van der Waals surface area contributed by atoms with E-state index in [2.05, 4.69) is 0 Å². The van der Waals surface area contributed by atoms with Gasteiger partial charge in [0.2, 0.25) is 0 Å². The van der Waals surface area contributed by atoms with Crippen LogP contribution in [0.2, 0.25) is 0 Å². The van der Waals surface area contributed by atoms with E-state index in [1.165, 1.54) is 0 Å². The van der Waals surface area contributed by atoms with Gasteiger partial charge in [-0.2, -0.15) is 0 Å². The highest BCUT2D eigenvalue weighted by molar-refractivity contribution is 5.75. The third-order valence-electron chi connectivity index (χ3n) is 3.83. The molecule has 5 nitrogen and oxygen atoms in total. The minimum atomic E-state index is -0.964. The molecule has 0 aliphatic heterocycles. The van der Waals surface area contributed by atoms with Crippen LogP contribution in [0.15, 0.2) is 54.6 Å². The molecule has 0 bridgehead atoms. The Morgan fingerprint density at radius 1 is 1.00 bits per heavy atom. The molecular formula is C21H26O5. The van der Waals surface area contributed by atoms with Crippen molar-refractivity contribution in [3.05, 3.63) is 60.2 Å². The van der Waals surface area contributed by atoms with E-state index in [1.807, 2.05) is 30.3 Å². The number of hydrogen-bond donors (Lipinski definition) is 1. The lowest BCUT2D eigenvalue weighted by Crippen LogP contribution is -2.34. The quantitative estimate of drug-likeness (QED) is 0.764. The van der Waals surface area contributed by atoms with E-state index in [1.54, 1.807) is 52.1 Å². The zero-order valence-corrected chi connectivity index (χ0v) is 15.6. The van der Waals surface area contributed by atoms with E-state index < -0.39 is 17.6 Å². The number of aliphatic hydroxyl groups is 1. The molecule has 140 valence electrons. The molecule has 0 spiro atoms. The van der Waals surface area contributed by atoms with Crippen LogP contribution < -0.4 is 9.47 Å². The van der Waals surface area contributed by atoms with Crippen LogP contribution in [0.3, 0.4) is 0 Å². The Hall–Kier alpha value is -2.53. The van der Waals surface area contributed by atoms with Crippen LogP contribution in [0.4, 0.5) is 0 Å². The summed E-state index contributed by atoms with van der Waals surface area (Å²) in [5.41, 5.74) is 0.0476. The van der Waals surface area contributed by atoms with Gasteiger partial charge in [-0.1, -0.05) is 42.5 Å². The second kappa shape index (κ2) is 8.72. The van der Waals surface area contributed by atoms with Crippen molar-refractivity contribution in [3.8, 4) is 11.5 Å². The monoisotopic (exact) mass is 358 g/mol. The maximum Gasteiger partial charge on any atom is 0.311 e. The first-order valence-electron chi connectivity index (χ1n) is 8.53. The number of ether oxygens (including phenoxy) is 3. The zero-order chi connectivity index (χ0) is 19.2. The molecule has 0 aliphatic carbocycles. The van der Waals surface area contributed by atoms with Crippen molar-refractivity contribution in [2.24, 2.45) is 5.41 Å². The Balaban J connectivity index is 2.22. The molecule has 1 N–H and O–H groups in total. The normalized spacial score (nSPS) is 13.6. The summed E-state index contributed by atoms with van der Waals surface area (Å²) in [6, 6.07) is 16.3. The minimum absolute atomic E-state index is 0.0792. The smallest absolute Gasteiger partial charge is 0.311 e. The number of methoxy groups -OCH3 is 1. The van der Waals surface area contributed by atoms with Crippen molar-refractivity contribution < 1.29 is 24.1 Å². The molecule has 2 rings (SSSR count). The first-order chi connectivity index (χ1) is 12.3. The molecule has 2 aromatic carbocycles. The number of esters is 1. The largest absolute Gasteiger partial charge is 0.493 e. The van der Waals surface area contributed by atoms with E-state index in [4.69, 9.17) is 14.2 Å². The van der Waals surface area contributed by atoms with E-state index in [9.17, 15) is 9.90 Å². The molecule has 0 amide bonds. The number of rotatable bonds is 7. The Morgan fingerprint density at radius 2 is 1.58 bits per heavy atom. The average Bonchev–Trinajstić information content (AvgIpc) is 2.64. The van der Waals surface area contributed by atoms with Crippen LogP contribution >= 0.6 is 0 Å². The SMILES string of the molecule is COc1ccccc1OC(COC(=O)C(C)(C)C)C(O)c1ccccc1. The first kappa shape index (κ1) is 19.8. The van der Waals surface area contributed by atoms with Gasteiger partial charge in [-0.25, -0.2) is 0 Å². The number of hydrogen-bond acceptors (Lipinski definition) is 5. The van der Waals surface area contributed by atoms with E-state index in [-0.39, 0.29) is 12.6 Å². The summed E-state index contributed by atoms with van der Waals surface area (Å²) in [6.07, 6.45) is -1.74. The highest BCUT2D eigenvalue weighted by Gasteiger charge is 2.29. The maximum atomic E-state index is 12.1. The van der Waals surface area contributed by atoms with Gasteiger partial charge in [0, 0.05) is 0 Å². The third-order valence-corrected chi connectivity index (χ3v) is 3.83. The molecule has 5 heteroatoms. The number of carbonyl (C=O) groups is 1. The zero-order valence-electron chi connectivity index (χ0n) is 15.6. The van der Waals surface area contributed by atoms with Crippen LogP contribution in [-0.4, -0.2) is 30.9 Å². The van der Waals surface area contributed by atoms with Gasteiger partial charge in [0.05, 0.1) is 12.5 Å². The fraction of sp³-hybridized carbons (Fsp3) is 0.381. The molecule has 0 saturated carbocycles. The van der Waals surface area contributed by atoms with Crippen LogP contribution in [0, 0.1) is 5.41 Å². The molecule has 0 saturated heterocycles. The standard InChI is InChI=1S/C21H26O5/c1-21(2,3)20(23)25-14-18(19(22)15-10-6-5-7-11-15)26-17-13-9-8-12-16(17)24-4/h5-13,18-19,22H,14H2,1-4H3. The predicted molar refractivity (Wildman–Crippen MR) is 99.2 cm³/mol. The van der Waals surface area contributed by atoms with Crippen molar-refractivity contribution in [2.45, 2.75) is 33.0 Å². The molecule has 0 radical (unpaired) electrons. The van der Waals surface area contributed by atoms with Crippen LogP contribution in [0.25, 0.3) is 0 Å². The van der Waals surface area contributed by atoms with E-state index in [0.717, 1.165) is 0 Å². The topological polar surface area (TPSA) is 65.0 Å². The fourth-order valence-corrected chi connectivity index (χ4v) is 2.31. The average molecular weight is 358 g/mol. The van der Waals surface area contributed by atoms with Gasteiger partial charge in [0.15, 0.2) is 17.6 Å². The Bertz CT molecular complexity index is 706. The van der Waals surface area contributed by atoms with Crippen molar-refractivity contribution >= 4 is 5.97 Å². The lowest BCUT2D eigenvalue weighted by atomic mass is 9.97. The van der Waals surface area contributed by atoms with Gasteiger partial charge in [-0.3, -0.25) is 4.79 Å². The molecule has 2 aromatic rings. The maximum absolute atomic E-state index is 12.1. The van der Waals surface area contributed by atoms with E-state index >= 15 is 0 Å². The summed E-state index contributed by atoms with van der Waals surface area (Å²) in [7, 11) is 1.55. The van der Waals surface area contributed by atoms with Crippen LogP contribution in [0.1, 0.15) is 32.4 Å². The second-order valence-electron chi connectivity index (χ2n) is 7.01. The molecule has 26 heavy (non-hydrogen) atoms. The highest BCUT2D eigenvalue weighted by atomic mass is 16.6. The van der Waals surface area contributed by atoms with Gasteiger partial charge >= 0.3 is 5.97 Å². The van der Waals surface area contributed by atoms with Crippen molar-refractivity contribution in [1.29, 1.82) is 0 Å². The first-order valence-corrected chi connectivity index (χ1v) is 8.53. The summed E-state index contributed by atoms with van der Waals surface area (Å²) in [6.45, 7) is 5.25. The Morgan fingerprint density at radius 3 is 2.15 bits per heavy atom. The Kier molecular flexibility index (Phi) is 6.64. The van der Waals surface area contributed by atoms with Crippen molar-refractivity contribution in [1.82, 2.24) is 0 Å². The van der Waals surface area contributed by atoms with Crippen molar-refractivity contribution in [3.63, 3.8) is 0 Å². The molecule has 2 unspecified atom stereocenters. The molecular weight excluding hydrogens is 332 g/mol. The fourth-order valence-electron chi connectivity index (χ4n) is 2.31. The molecule has 0 aliphatic rings. The second-order valence-corrected chi connectivity index (χ2v) is 7.01. The summed E-state index contributed by atoms with van der Waals surface area (Å²) in [5, 5.41) is 10.8. The lowest BCUT2D eigenvalue weighted by molar-refractivity contribution is -0.157.